The fourth-order valence-corrected chi connectivity index (χ4v) is 2.62. The van der Waals surface area contributed by atoms with E-state index in [4.69, 9.17) is 25.5 Å². The molecular formula is C17H14ClN3O3. The summed E-state index contributed by atoms with van der Waals surface area (Å²) in [5.41, 5.74) is 1.61. The second-order valence-corrected chi connectivity index (χ2v) is 5.60. The first kappa shape index (κ1) is 14.8. The molecule has 0 aliphatic carbocycles. The summed E-state index contributed by atoms with van der Waals surface area (Å²) < 4.78 is 16.7. The topological polar surface area (TPSA) is 69.4 Å². The highest BCUT2D eigenvalue weighted by Crippen LogP contribution is 2.32. The molecule has 0 saturated heterocycles. The molecule has 0 saturated carbocycles. The SMILES string of the molecule is Clc1ccccc1-c1nnc(CNc2ccc3c(c2)OCCO3)o1. The van der Waals surface area contributed by atoms with Gasteiger partial charge in [0.25, 0.3) is 0 Å². The summed E-state index contributed by atoms with van der Waals surface area (Å²) in [5.74, 6) is 2.36. The number of hydrogen-bond acceptors (Lipinski definition) is 6. The molecule has 3 aromatic rings. The van der Waals surface area contributed by atoms with Crippen LogP contribution in [0.5, 0.6) is 11.5 Å². The van der Waals surface area contributed by atoms with Gasteiger partial charge in [-0.3, -0.25) is 0 Å². The van der Waals surface area contributed by atoms with Gasteiger partial charge in [-0.25, -0.2) is 0 Å². The van der Waals surface area contributed by atoms with Gasteiger partial charge in [-0.1, -0.05) is 23.7 Å². The molecule has 0 bridgehead atoms. The number of nitrogens with one attached hydrogen (secondary N) is 1. The van der Waals surface area contributed by atoms with Gasteiger partial charge in [0, 0.05) is 11.8 Å². The maximum atomic E-state index is 6.14. The Labute approximate surface area is 143 Å². The minimum Gasteiger partial charge on any atom is -0.486 e. The lowest BCUT2D eigenvalue weighted by Crippen LogP contribution is -2.15. The van der Waals surface area contributed by atoms with E-state index in [0.29, 0.717) is 36.6 Å². The molecule has 4 rings (SSSR count). The predicted octanol–water partition coefficient (Wildman–Crippen LogP) is 3.77. The zero-order valence-corrected chi connectivity index (χ0v) is 13.4. The fourth-order valence-electron chi connectivity index (χ4n) is 2.40. The summed E-state index contributed by atoms with van der Waals surface area (Å²) in [5, 5.41) is 11.9. The molecule has 0 unspecified atom stereocenters. The third-order valence-corrected chi connectivity index (χ3v) is 3.89. The normalized spacial score (nSPS) is 12.9. The highest BCUT2D eigenvalue weighted by atomic mass is 35.5. The van der Waals surface area contributed by atoms with E-state index in [9.17, 15) is 0 Å². The first-order valence-electron chi connectivity index (χ1n) is 7.50. The van der Waals surface area contributed by atoms with Crippen molar-refractivity contribution in [3.63, 3.8) is 0 Å². The molecule has 0 atom stereocenters. The van der Waals surface area contributed by atoms with E-state index in [0.717, 1.165) is 22.7 Å². The quantitative estimate of drug-likeness (QED) is 0.777. The molecule has 0 radical (unpaired) electrons. The molecule has 24 heavy (non-hydrogen) atoms. The van der Waals surface area contributed by atoms with Crippen LogP contribution in [0.2, 0.25) is 5.02 Å². The Bertz CT molecular complexity index is 866. The Morgan fingerprint density at radius 2 is 1.83 bits per heavy atom. The maximum absolute atomic E-state index is 6.14. The van der Waals surface area contributed by atoms with Crippen molar-refractivity contribution in [1.29, 1.82) is 0 Å². The zero-order valence-electron chi connectivity index (χ0n) is 12.7. The van der Waals surface area contributed by atoms with Gasteiger partial charge in [0.05, 0.1) is 17.1 Å². The molecule has 1 aromatic heterocycles. The maximum Gasteiger partial charge on any atom is 0.249 e. The summed E-state index contributed by atoms with van der Waals surface area (Å²) in [6, 6.07) is 13.0. The number of aromatic nitrogens is 2. The second-order valence-electron chi connectivity index (χ2n) is 5.19. The molecule has 0 amide bonds. The van der Waals surface area contributed by atoms with Crippen molar-refractivity contribution in [3.05, 3.63) is 53.4 Å². The highest BCUT2D eigenvalue weighted by Gasteiger charge is 2.13. The van der Waals surface area contributed by atoms with Crippen LogP contribution in [0.3, 0.4) is 0 Å². The number of halogens is 1. The zero-order chi connectivity index (χ0) is 16.4. The molecule has 0 fully saturated rings. The van der Waals surface area contributed by atoms with Crippen molar-refractivity contribution in [2.24, 2.45) is 0 Å². The molecule has 1 aliphatic heterocycles. The van der Waals surface area contributed by atoms with Gasteiger partial charge in [-0.15, -0.1) is 10.2 Å². The van der Waals surface area contributed by atoms with Crippen LogP contribution in [0.1, 0.15) is 5.89 Å². The average molecular weight is 344 g/mol. The van der Waals surface area contributed by atoms with Crippen LogP contribution < -0.4 is 14.8 Å². The fraction of sp³-hybridized carbons (Fsp3) is 0.176. The lowest BCUT2D eigenvalue weighted by Gasteiger charge is -2.19. The highest BCUT2D eigenvalue weighted by molar-refractivity contribution is 6.33. The standard InChI is InChI=1S/C17H14ClN3O3/c18-13-4-2-1-3-12(13)17-21-20-16(24-17)10-19-11-5-6-14-15(9-11)23-8-7-22-14/h1-6,9,19H,7-8,10H2. The van der Waals surface area contributed by atoms with Gasteiger partial charge in [-0.05, 0) is 24.3 Å². The van der Waals surface area contributed by atoms with E-state index in [2.05, 4.69) is 15.5 Å². The molecule has 2 aromatic carbocycles. The lowest BCUT2D eigenvalue weighted by atomic mass is 10.2. The van der Waals surface area contributed by atoms with Crippen LogP contribution in [0.25, 0.3) is 11.5 Å². The first-order chi connectivity index (χ1) is 11.8. The van der Waals surface area contributed by atoms with Crippen LogP contribution in [0, 0.1) is 0 Å². The minimum atomic E-state index is 0.400. The Morgan fingerprint density at radius 1 is 1.00 bits per heavy atom. The van der Waals surface area contributed by atoms with Gasteiger partial charge < -0.3 is 19.2 Å². The molecule has 7 heteroatoms. The van der Waals surface area contributed by atoms with Crippen LogP contribution in [-0.2, 0) is 6.54 Å². The molecule has 122 valence electrons. The molecule has 1 aliphatic rings. The molecular weight excluding hydrogens is 330 g/mol. The van der Waals surface area contributed by atoms with Crippen LogP contribution in [0.4, 0.5) is 5.69 Å². The number of nitrogens with zero attached hydrogens (tertiary/aromatic N) is 2. The van der Waals surface area contributed by atoms with Gasteiger partial charge in [-0.2, -0.15) is 0 Å². The Kier molecular flexibility index (Phi) is 3.96. The van der Waals surface area contributed by atoms with E-state index in [1.165, 1.54) is 0 Å². The predicted molar refractivity (Wildman–Crippen MR) is 89.5 cm³/mol. The summed E-state index contributed by atoms with van der Waals surface area (Å²) in [7, 11) is 0. The van der Waals surface area contributed by atoms with Crippen molar-refractivity contribution in [2.75, 3.05) is 18.5 Å². The van der Waals surface area contributed by atoms with E-state index in [1.807, 2.05) is 36.4 Å². The molecule has 0 spiro atoms. The molecule has 2 heterocycles. The van der Waals surface area contributed by atoms with Crippen molar-refractivity contribution in [2.45, 2.75) is 6.54 Å². The Hall–Kier alpha value is -2.73. The number of benzene rings is 2. The van der Waals surface area contributed by atoms with E-state index >= 15 is 0 Å². The van der Waals surface area contributed by atoms with E-state index < -0.39 is 0 Å². The van der Waals surface area contributed by atoms with Crippen LogP contribution in [-0.4, -0.2) is 23.4 Å². The summed E-state index contributed by atoms with van der Waals surface area (Å²) in [6.45, 7) is 1.53. The lowest BCUT2D eigenvalue weighted by molar-refractivity contribution is 0.171. The Balaban J connectivity index is 1.46. The summed E-state index contributed by atoms with van der Waals surface area (Å²) in [4.78, 5) is 0. The first-order valence-corrected chi connectivity index (χ1v) is 7.88. The van der Waals surface area contributed by atoms with Crippen molar-refractivity contribution >= 4 is 17.3 Å². The van der Waals surface area contributed by atoms with Crippen molar-refractivity contribution < 1.29 is 13.9 Å². The Morgan fingerprint density at radius 3 is 2.71 bits per heavy atom. The van der Waals surface area contributed by atoms with Crippen LogP contribution in [0.15, 0.2) is 46.9 Å². The summed E-state index contributed by atoms with van der Waals surface area (Å²) in [6.07, 6.45) is 0. The molecule has 1 N–H and O–H groups in total. The number of fused-ring (bicyclic) bond motifs is 1. The van der Waals surface area contributed by atoms with E-state index in [1.54, 1.807) is 6.07 Å². The van der Waals surface area contributed by atoms with Crippen molar-refractivity contribution in [3.8, 4) is 23.0 Å². The number of anilines is 1. The van der Waals surface area contributed by atoms with Crippen LogP contribution >= 0.6 is 11.6 Å². The number of ether oxygens (including phenoxy) is 2. The smallest absolute Gasteiger partial charge is 0.249 e. The largest absolute Gasteiger partial charge is 0.486 e. The average Bonchev–Trinajstić information content (AvgIpc) is 3.09. The number of rotatable bonds is 4. The third-order valence-electron chi connectivity index (χ3n) is 3.56. The van der Waals surface area contributed by atoms with Crippen molar-refractivity contribution in [1.82, 2.24) is 10.2 Å². The summed E-state index contributed by atoms with van der Waals surface area (Å²) >= 11 is 6.14. The number of hydrogen-bond donors (Lipinski definition) is 1. The van der Waals surface area contributed by atoms with Gasteiger partial charge >= 0.3 is 0 Å². The minimum absolute atomic E-state index is 0.400. The monoisotopic (exact) mass is 343 g/mol. The molecule has 6 nitrogen and oxygen atoms in total. The van der Waals surface area contributed by atoms with Gasteiger partial charge in [0.15, 0.2) is 11.5 Å². The second kappa shape index (κ2) is 6.41. The van der Waals surface area contributed by atoms with Gasteiger partial charge in [0.1, 0.15) is 13.2 Å². The van der Waals surface area contributed by atoms with Gasteiger partial charge in [0.2, 0.25) is 11.8 Å². The van der Waals surface area contributed by atoms with E-state index in [-0.39, 0.29) is 0 Å². The third kappa shape index (κ3) is 3.00.